The summed E-state index contributed by atoms with van der Waals surface area (Å²) in [5.74, 6) is 1.92. The van der Waals surface area contributed by atoms with Crippen LogP contribution in [0.2, 0.25) is 0 Å². The number of allylic oxidation sites excluding steroid dienone is 1. The van der Waals surface area contributed by atoms with Gasteiger partial charge >= 0.3 is 0 Å². The van der Waals surface area contributed by atoms with Crippen LogP contribution >= 0.6 is 11.8 Å². The molecule has 0 spiro atoms. The van der Waals surface area contributed by atoms with E-state index in [2.05, 4.69) is 24.8 Å². The van der Waals surface area contributed by atoms with Gasteiger partial charge in [-0.15, -0.1) is 11.8 Å². The van der Waals surface area contributed by atoms with E-state index in [-0.39, 0.29) is 6.23 Å². The maximum atomic E-state index is 6.15. The first-order valence-electron chi connectivity index (χ1n) is 10.0. The van der Waals surface area contributed by atoms with Crippen LogP contribution in [0, 0.1) is 5.92 Å². The molecule has 146 valence electrons. The zero-order chi connectivity index (χ0) is 17.9. The molecule has 2 aliphatic rings. The Hall–Kier alpha value is -0.0700. The second-order valence-electron chi connectivity index (χ2n) is 7.23. The largest absolute Gasteiger partial charge is 0.377 e. The summed E-state index contributed by atoms with van der Waals surface area (Å²) in [5, 5.41) is 0. The number of ether oxygens (including phenoxy) is 3. The molecule has 0 aliphatic carbocycles. The van der Waals surface area contributed by atoms with Crippen LogP contribution in [0.25, 0.3) is 0 Å². The molecule has 0 N–H and O–H groups in total. The predicted octanol–water partition coefficient (Wildman–Crippen LogP) is 4.65. The molecule has 3 atom stereocenters. The van der Waals surface area contributed by atoms with Crippen LogP contribution in [0.3, 0.4) is 0 Å². The highest BCUT2D eigenvalue weighted by molar-refractivity contribution is 8.03. The molecule has 0 saturated carbocycles. The van der Waals surface area contributed by atoms with E-state index in [1.54, 1.807) is 7.11 Å². The molecule has 5 heteroatoms. The maximum Gasteiger partial charge on any atom is 0.112 e. The maximum absolute atomic E-state index is 6.15. The zero-order valence-corrected chi connectivity index (χ0v) is 17.2. The van der Waals surface area contributed by atoms with E-state index in [9.17, 15) is 0 Å². The number of unbranched alkanes of at least 4 members (excludes halogenated alkanes) is 1. The van der Waals surface area contributed by atoms with E-state index in [4.69, 9.17) is 14.2 Å². The summed E-state index contributed by atoms with van der Waals surface area (Å²) in [7, 11) is 1.75. The second-order valence-corrected chi connectivity index (χ2v) is 8.38. The summed E-state index contributed by atoms with van der Waals surface area (Å²) >= 11 is 1.91. The van der Waals surface area contributed by atoms with Crippen molar-refractivity contribution in [1.82, 2.24) is 4.90 Å². The van der Waals surface area contributed by atoms with Gasteiger partial charge in [0, 0.05) is 30.9 Å². The molecule has 0 aromatic rings. The van der Waals surface area contributed by atoms with E-state index in [0.717, 1.165) is 31.2 Å². The van der Waals surface area contributed by atoms with Crippen LogP contribution in [-0.4, -0.2) is 56.6 Å². The summed E-state index contributed by atoms with van der Waals surface area (Å²) in [5.41, 5.74) is 0. The molecule has 0 aromatic carbocycles. The molecule has 0 amide bonds. The van der Waals surface area contributed by atoms with Gasteiger partial charge in [-0.1, -0.05) is 32.3 Å². The van der Waals surface area contributed by atoms with E-state index in [1.807, 2.05) is 11.8 Å². The highest BCUT2D eigenvalue weighted by Crippen LogP contribution is 2.29. The molecule has 3 unspecified atom stereocenters. The van der Waals surface area contributed by atoms with Crippen molar-refractivity contribution in [3.8, 4) is 0 Å². The van der Waals surface area contributed by atoms with Gasteiger partial charge in [-0.3, -0.25) is 4.90 Å². The molecule has 0 radical (unpaired) electrons. The fourth-order valence-corrected chi connectivity index (χ4v) is 4.66. The van der Waals surface area contributed by atoms with Crippen molar-refractivity contribution in [3.63, 3.8) is 0 Å². The Morgan fingerprint density at radius 3 is 3.00 bits per heavy atom. The third-order valence-corrected chi connectivity index (χ3v) is 6.50. The van der Waals surface area contributed by atoms with Crippen LogP contribution in [0.4, 0.5) is 0 Å². The topological polar surface area (TPSA) is 30.9 Å². The lowest BCUT2D eigenvalue weighted by atomic mass is 9.91. The summed E-state index contributed by atoms with van der Waals surface area (Å²) < 4.78 is 17.4. The van der Waals surface area contributed by atoms with Gasteiger partial charge in [-0.2, -0.15) is 0 Å². The normalized spacial score (nSPS) is 28.6. The van der Waals surface area contributed by atoms with Crippen molar-refractivity contribution in [1.29, 1.82) is 0 Å². The van der Waals surface area contributed by atoms with E-state index >= 15 is 0 Å². The number of methoxy groups -OCH3 is 1. The first-order valence-corrected chi connectivity index (χ1v) is 11.0. The minimum Gasteiger partial charge on any atom is -0.377 e. The van der Waals surface area contributed by atoms with Gasteiger partial charge in [0.05, 0.1) is 12.7 Å². The molecule has 4 nitrogen and oxygen atoms in total. The first-order chi connectivity index (χ1) is 12.3. The SMILES string of the molecule is C/C=C(/COC1CCCN1COC)SCC1CC(CCCC)CCO1. The van der Waals surface area contributed by atoms with Gasteiger partial charge in [0.15, 0.2) is 0 Å². The summed E-state index contributed by atoms with van der Waals surface area (Å²) in [4.78, 5) is 3.60. The van der Waals surface area contributed by atoms with Gasteiger partial charge in [0.25, 0.3) is 0 Å². The lowest BCUT2D eigenvalue weighted by Gasteiger charge is -2.30. The lowest BCUT2D eigenvalue weighted by molar-refractivity contribution is -0.0680. The Balaban J connectivity index is 1.67. The van der Waals surface area contributed by atoms with Gasteiger partial charge < -0.3 is 14.2 Å². The molecule has 0 aromatic heterocycles. The number of rotatable bonds is 11. The zero-order valence-electron chi connectivity index (χ0n) is 16.4. The Morgan fingerprint density at radius 1 is 1.36 bits per heavy atom. The van der Waals surface area contributed by atoms with Gasteiger partial charge in [-0.25, -0.2) is 0 Å². The summed E-state index contributed by atoms with van der Waals surface area (Å²) in [6, 6.07) is 0. The molecule has 25 heavy (non-hydrogen) atoms. The second kappa shape index (κ2) is 12.3. The quantitative estimate of drug-likeness (QED) is 0.527. The molecule has 2 saturated heterocycles. The first kappa shape index (κ1) is 21.2. The summed E-state index contributed by atoms with van der Waals surface area (Å²) in [6.45, 7) is 7.78. The van der Waals surface area contributed by atoms with Crippen molar-refractivity contribution in [2.24, 2.45) is 5.92 Å². The van der Waals surface area contributed by atoms with E-state index in [1.165, 1.54) is 43.4 Å². The van der Waals surface area contributed by atoms with Crippen molar-refractivity contribution in [2.45, 2.75) is 71.1 Å². The minimum atomic E-state index is 0.208. The van der Waals surface area contributed by atoms with Crippen LogP contribution in [0.1, 0.15) is 58.8 Å². The summed E-state index contributed by atoms with van der Waals surface area (Å²) in [6.07, 6.45) is 11.6. The Kier molecular flexibility index (Phi) is 10.5. The van der Waals surface area contributed by atoms with Gasteiger partial charge in [0.2, 0.25) is 0 Å². The lowest BCUT2D eigenvalue weighted by Crippen LogP contribution is -2.33. The smallest absolute Gasteiger partial charge is 0.112 e. The number of likely N-dealkylation sites (tertiary alicyclic amines) is 1. The molecule has 2 heterocycles. The van der Waals surface area contributed by atoms with Crippen LogP contribution in [0.5, 0.6) is 0 Å². The van der Waals surface area contributed by atoms with Crippen LogP contribution in [0.15, 0.2) is 11.0 Å². The number of hydrogen-bond acceptors (Lipinski definition) is 5. The van der Waals surface area contributed by atoms with Crippen LogP contribution in [-0.2, 0) is 14.2 Å². The number of nitrogens with zero attached hydrogens (tertiary/aromatic N) is 1. The number of thioether (sulfide) groups is 1. The fourth-order valence-electron chi connectivity index (χ4n) is 3.71. The Labute approximate surface area is 158 Å². The molecular formula is C20H37NO3S. The predicted molar refractivity (Wildman–Crippen MR) is 106 cm³/mol. The third-order valence-electron chi connectivity index (χ3n) is 5.23. The molecule has 2 fully saturated rings. The van der Waals surface area contributed by atoms with Crippen molar-refractivity contribution in [2.75, 3.05) is 39.4 Å². The van der Waals surface area contributed by atoms with Gasteiger partial charge in [0.1, 0.15) is 13.0 Å². The average Bonchev–Trinajstić information content (AvgIpc) is 3.08. The van der Waals surface area contributed by atoms with E-state index < -0.39 is 0 Å². The highest BCUT2D eigenvalue weighted by Gasteiger charge is 2.26. The van der Waals surface area contributed by atoms with Crippen molar-refractivity contribution >= 4 is 11.8 Å². The highest BCUT2D eigenvalue weighted by atomic mass is 32.2. The van der Waals surface area contributed by atoms with E-state index in [0.29, 0.717) is 19.4 Å². The molecule has 2 aliphatic heterocycles. The van der Waals surface area contributed by atoms with Crippen molar-refractivity contribution < 1.29 is 14.2 Å². The molecular weight excluding hydrogens is 334 g/mol. The third kappa shape index (κ3) is 7.59. The fraction of sp³-hybridized carbons (Fsp3) is 0.900. The monoisotopic (exact) mass is 371 g/mol. The number of hydrogen-bond donors (Lipinski definition) is 0. The van der Waals surface area contributed by atoms with Crippen molar-refractivity contribution in [3.05, 3.63) is 11.0 Å². The van der Waals surface area contributed by atoms with Crippen LogP contribution < -0.4 is 0 Å². The average molecular weight is 372 g/mol. The van der Waals surface area contributed by atoms with Gasteiger partial charge in [-0.05, 0) is 38.5 Å². The molecule has 2 rings (SSSR count). The minimum absolute atomic E-state index is 0.208. The Bertz CT molecular complexity index is 391. The molecule has 0 bridgehead atoms. The Morgan fingerprint density at radius 2 is 2.24 bits per heavy atom. The standard InChI is InChI=1S/C20H37NO3S/c1-4-6-8-17-10-12-23-18(13-17)15-25-19(5-2)14-24-20-9-7-11-21(20)16-22-3/h5,17-18,20H,4,6-16H2,1-3H3/b19-5-.